The van der Waals surface area contributed by atoms with Crippen molar-refractivity contribution in [1.29, 1.82) is 0 Å². The van der Waals surface area contributed by atoms with Crippen LogP contribution in [0, 0.1) is 0 Å². The molecular formula is C60H37N3S. The summed E-state index contributed by atoms with van der Waals surface area (Å²) in [5.41, 5.74) is 15.7. The van der Waals surface area contributed by atoms with E-state index in [2.05, 4.69) is 238 Å². The van der Waals surface area contributed by atoms with E-state index >= 15 is 0 Å². The number of aromatic nitrogens is 3. The highest BCUT2D eigenvalue weighted by molar-refractivity contribution is 7.26. The first-order valence-electron chi connectivity index (χ1n) is 21.9. The van der Waals surface area contributed by atoms with Gasteiger partial charge in [0.15, 0.2) is 0 Å². The maximum Gasteiger partial charge on any atom is 0.0555 e. The number of benzene rings is 10. The Morgan fingerprint density at radius 1 is 0.281 bits per heavy atom. The van der Waals surface area contributed by atoms with Crippen LogP contribution >= 0.6 is 11.3 Å². The van der Waals surface area contributed by atoms with Crippen LogP contribution in [0.3, 0.4) is 0 Å². The molecule has 0 fully saturated rings. The van der Waals surface area contributed by atoms with Crippen LogP contribution in [0.1, 0.15) is 0 Å². The van der Waals surface area contributed by atoms with E-state index < -0.39 is 0 Å². The van der Waals surface area contributed by atoms with Crippen LogP contribution in [0.4, 0.5) is 0 Å². The monoisotopic (exact) mass is 831 g/mol. The number of hydrogen-bond acceptors (Lipinski definition) is 1. The second-order valence-corrected chi connectivity index (χ2v) is 17.9. The zero-order valence-corrected chi connectivity index (χ0v) is 35.4. The van der Waals surface area contributed by atoms with Crippen molar-refractivity contribution in [2.75, 3.05) is 0 Å². The molecule has 0 N–H and O–H groups in total. The summed E-state index contributed by atoms with van der Waals surface area (Å²) in [6.07, 6.45) is 0. The van der Waals surface area contributed by atoms with Crippen LogP contribution in [-0.2, 0) is 0 Å². The molecule has 0 saturated carbocycles. The lowest BCUT2D eigenvalue weighted by Gasteiger charge is -2.12. The molecule has 0 spiro atoms. The molecule has 3 nitrogen and oxygen atoms in total. The average Bonchev–Trinajstić information content (AvgIpc) is 4.10. The first kappa shape index (κ1) is 35.4. The average molecular weight is 832 g/mol. The lowest BCUT2D eigenvalue weighted by atomic mass is 9.98. The van der Waals surface area contributed by atoms with Crippen LogP contribution in [0.25, 0.3) is 125 Å². The Kier molecular flexibility index (Phi) is 7.56. The number of para-hydroxylation sites is 4. The Labute approximate surface area is 372 Å². The molecule has 0 radical (unpaired) electrons. The summed E-state index contributed by atoms with van der Waals surface area (Å²) in [5.74, 6) is 0. The SMILES string of the molecule is c1ccc(-c2cccc(-c3cccc4c3sc3cccc(-n5c6ccccc6c6cc(-n7c8ccccc8c8cc(-n9c%10ccccc%10c%10ccccc%109)ccc87)ccc65)c34)c2)cc1. The molecule has 4 heterocycles. The summed E-state index contributed by atoms with van der Waals surface area (Å²) in [6.45, 7) is 0. The maximum atomic E-state index is 2.50. The van der Waals surface area contributed by atoms with Gasteiger partial charge >= 0.3 is 0 Å². The Bertz CT molecular complexity index is 4140. The van der Waals surface area contributed by atoms with Crippen molar-refractivity contribution in [3.63, 3.8) is 0 Å². The number of hydrogen-bond donors (Lipinski definition) is 0. The van der Waals surface area contributed by atoms with Gasteiger partial charge in [0.2, 0.25) is 0 Å². The van der Waals surface area contributed by atoms with Crippen LogP contribution in [0.15, 0.2) is 224 Å². The molecule has 0 aliphatic rings. The Hall–Kier alpha value is -8.18. The van der Waals surface area contributed by atoms with Gasteiger partial charge in [0.05, 0.1) is 38.8 Å². The summed E-state index contributed by atoms with van der Waals surface area (Å²) in [5, 5.41) is 10.1. The van der Waals surface area contributed by atoms with Crippen molar-refractivity contribution < 1.29 is 0 Å². The first-order chi connectivity index (χ1) is 31.8. The highest BCUT2D eigenvalue weighted by Crippen LogP contribution is 2.45. The summed E-state index contributed by atoms with van der Waals surface area (Å²) in [6, 6.07) is 82.6. The van der Waals surface area contributed by atoms with Crippen molar-refractivity contribution in [3.05, 3.63) is 224 Å². The molecule has 0 saturated heterocycles. The normalized spacial score (nSPS) is 12.1. The highest BCUT2D eigenvalue weighted by Gasteiger charge is 2.21. The molecule has 14 rings (SSSR count). The van der Waals surface area contributed by atoms with Gasteiger partial charge in [0, 0.05) is 63.9 Å². The first-order valence-corrected chi connectivity index (χ1v) is 22.7. The minimum atomic E-state index is 1.15. The van der Waals surface area contributed by atoms with E-state index in [1.807, 2.05) is 11.3 Å². The largest absolute Gasteiger partial charge is 0.309 e. The third kappa shape index (κ3) is 5.09. The minimum Gasteiger partial charge on any atom is -0.309 e. The number of rotatable bonds is 5. The van der Waals surface area contributed by atoms with Gasteiger partial charge in [-0.3, -0.25) is 0 Å². The van der Waals surface area contributed by atoms with E-state index in [4.69, 9.17) is 0 Å². The van der Waals surface area contributed by atoms with Crippen molar-refractivity contribution in [1.82, 2.24) is 13.7 Å². The van der Waals surface area contributed by atoms with Gasteiger partial charge in [0.1, 0.15) is 0 Å². The smallest absolute Gasteiger partial charge is 0.0555 e. The second kappa shape index (κ2) is 13.7. The summed E-state index contributed by atoms with van der Waals surface area (Å²) >= 11 is 1.89. The van der Waals surface area contributed by atoms with E-state index in [0.29, 0.717) is 0 Å². The van der Waals surface area contributed by atoms with E-state index in [1.165, 1.54) is 114 Å². The molecule has 0 aliphatic heterocycles. The van der Waals surface area contributed by atoms with Gasteiger partial charge < -0.3 is 13.7 Å². The van der Waals surface area contributed by atoms with Crippen LogP contribution in [0.5, 0.6) is 0 Å². The topological polar surface area (TPSA) is 14.8 Å². The van der Waals surface area contributed by atoms with Crippen molar-refractivity contribution in [3.8, 4) is 39.3 Å². The molecule has 0 bridgehead atoms. The number of nitrogens with zero attached hydrogens (tertiary/aromatic N) is 3. The maximum absolute atomic E-state index is 2.50. The van der Waals surface area contributed by atoms with E-state index in [9.17, 15) is 0 Å². The number of thiophene rings is 1. The fraction of sp³-hybridized carbons (Fsp3) is 0. The molecule has 64 heavy (non-hydrogen) atoms. The van der Waals surface area contributed by atoms with Crippen molar-refractivity contribution in [2.45, 2.75) is 0 Å². The molecule has 14 aromatic rings. The second-order valence-electron chi connectivity index (χ2n) is 16.9. The van der Waals surface area contributed by atoms with E-state index in [-0.39, 0.29) is 0 Å². The third-order valence-electron chi connectivity index (χ3n) is 13.4. The lowest BCUT2D eigenvalue weighted by molar-refractivity contribution is 1.16. The molecule has 4 aromatic heterocycles. The molecule has 0 atom stereocenters. The Morgan fingerprint density at radius 3 is 1.36 bits per heavy atom. The van der Waals surface area contributed by atoms with Crippen LogP contribution in [-0.4, -0.2) is 13.7 Å². The lowest BCUT2D eigenvalue weighted by Crippen LogP contribution is -1.97. The molecule has 298 valence electrons. The highest BCUT2D eigenvalue weighted by atomic mass is 32.1. The quantitative estimate of drug-likeness (QED) is 0.164. The summed E-state index contributed by atoms with van der Waals surface area (Å²) in [7, 11) is 0. The third-order valence-corrected chi connectivity index (χ3v) is 14.6. The molecular weight excluding hydrogens is 795 g/mol. The van der Waals surface area contributed by atoms with Crippen LogP contribution in [0.2, 0.25) is 0 Å². The zero-order chi connectivity index (χ0) is 41.9. The van der Waals surface area contributed by atoms with E-state index in [1.54, 1.807) is 0 Å². The van der Waals surface area contributed by atoms with E-state index in [0.717, 1.165) is 11.4 Å². The zero-order valence-electron chi connectivity index (χ0n) is 34.6. The molecule has 4 heteroatoms. The fourth-order valence-corrected chi connectivity index (χ4v) is 11.9. The predicted octanol–water partition coefficient (Wildman–Crippen LogP) is 16.7. The van der Waals surface area contributed by atoms with Gasteiger partial charge in [-0.25, -0.2) is 0 Å². The van der Waals surface area contributed by atoms with Crippen molar-refractivity contribution in [2.24, 2.45) is 0 Å². The molecule has 0 amide bonds. The summed E-state index contributed by atoms with van der Waals surface area (Å²) in [4.78, 5) is 0. The summed E-state index contributed by atoms with van der Waals surface area (Å²) < 4.78 is 9.96. The predicted molar refractivity (Wildman–Crippen MR) is 273 cm³/mol. The molecule has 0 aliphatic carbocycles. The standard InChI is InChI=1S/C60H37N3S/c1-2-15-38(16-3-1)39-17-12-18-40(35-39)43-23-13-24-48-59-57(29-14-30-58(59)64-60(43)48)63-54-28-11-7-22-47(54)50-37-42(32-34-56(50)63)62-53-27-10-6-21-46(53)49-36-41(31-33-55(49)62)61-51-25-8-4-19-44(51)45-20-5-9-26-52(45)61/h1-37H. The fourth-order valence-electron chi connectivity index (χ4n) is 10.7. The molecule has 10 aromatic carbocycles. The van der Waals surface area contributed by atoms with Crippen molar-refractivity contribution >= 4 is 96.9 Å². The Morgan fingerprint density at radius 2 is 0.734 bits per heavy atom. The van der Waals surface area contributed by atoms with Gasteiger partial charge in [0.25, 0.3) is 0 Å². The number of fused-ring (bicyclic) bond motifs is 12. The molecule has 0 unspecified atom stereocenters. The van der Waals surface area contributed by atoms with Gasteiger partial charge in [-0.15, -0.1) is 11.3 Å². The van der Waals surface area contributed by atoms with Gasteiger partial charge in [-0.05, 0) is 101 Å². The van der Waals surface area contributed by atoms with Crippen LogP contribution < -0.4 is 0 Å². The van der Waals surface area contributed by atoms with Gasteiger partial charge in [-0.1, -0.05) is 146 Å². The minimum absolute atomic E-state index is 1.15. The Balaban J connectivity index is 0.952. The van der Waals surface area contributed by atoms with Gasteiger partial charge in [-0.2, -0.15) is 0 Å².